The fourth-order valence-electron chi connectivity index (χ4n) is 0.912. The zero-order valence-corrected chi connectivity index (χ0v) is 9.98. The SMILES string of the molecule is Cl.NC(N)=N/N=C/c1ccc(Cl)c([N+](=O)[O-])c1. The van der Waals surface area contributed by atoms with Gasteiger partial charge in [-0.25, -0.2) is 0 Å². The van der Waals surface area contributed by atoms with Crippen LogP contribution in [0, 0.1) is 10.1 Å². The normalized spacial score (nSPS) is 9.71. The van der Waals surface area contributed by atoms with E-state index < -0.39 is 4.92 Å². The van der Waals surface area contributed by atoms with E-state index in [9.17, 15) is 10.1 Å². The number of guanidine groups is 1. The van der Waals surface area contributed by atoms with Crippen LogP contribution in [-0.4, -0.2) is 17.1 Å². The Hall–Kier alpha value is -1.86. The molecule has 0 aliphatic carbocycles. The van der Waals surface area contributed by atoms with Gasteiger partial charge < -0.3 is 11.5 Å². The Labute approximate surface area is 108 Å². The molecular weight excluding hydrogens is 269 g/mol. The molecule has 1 aromatic rings. The molecule has 0 spiro atoms. The molecule has 0 heterocycles. The van der Waals surface area contributed by atoms with Gasteiger partial charge >= 0.3 is 0 Å². The lowest BCUT2D eigenvalue weighted by Gasteiger charge is -1.96. The van der Waals surface area contributed by atoms with E-state index in [1.54, 1.807) is 6.07 Å². The second-order valence-corrected chi connectivity index (χ2v) is 3.14. The molecule has 0 atom stereocenters. The fourth-order valence-corrected chi connectivity index (χ4v) is 1.10. The van der Waals surface area contributed by atoms with Gasteiger partial charge in [0.2, 0.25) is 5.96 Å². The molecule has 0 radical (unpaired) electrons. The smallest absolute Gasteiger partial charge is 0.288 e. The van der Waals surface area contributed by atoms with Crippen molar-refractivity contribution in [3.8, 4) is 0 Å². The largest absolute Gasteiger partial charge is 0.369 e. The number of nitro benzene ring substituents is 1. The molecule has 0 unspecified atom stereocenters. The average molecular weight is 278 g/mol. The molecule has 0 saturated carbocycles. The lowest BCUT2D eigenvalue weighted by molar-refractivity contribution is -0.384. The molecule has 0 amide bonds. The summed E-state index contributed by atoms with van der Waals surface area (Å²) in [4.78, 5) is 9.98. The third kappa shape index (κ3) is 4.66. The maximum atomic E-state index is 10.6. The Balaban J connectivity index is 0.00000256. The monoisotopic (exact) mass is 277 g/mol. The highest BCUT2D eigenvalue weighted by Crippen LogP contribution is 2.24. The van der Waals surface area contributed by atoms with Crippen molar-refractivity contribution in [2.75, 3.05) is 0 Å². The van der Waals surface area contributed by atoms with Crippen molar-refractivity contribution in [2.24, 2.45) is 21.7 Å². The number of nitrogens with two attached hydrogens (primary N) is 2. The van der Waals surface area contributed by atoms with E-state index in [1.807, 2.05) is 0 Å². The molecule has 0 aliphatic heterocycles. The Morgan fingerprint density at radius 2 is 2.12 bits per heavy atom. The Kier molecular flexibility index (Phi) is 5.94. The van der Waals surface area contributed by atoms with Crippen LogP contribution in [0.5, 0.6) is 0 Å². The molecule has 17 heavy (non-hydrogen) atoms. The van der Waals surface area contributed by atoms with Crippen LogP contribution in [0.4, 0.5) is 5.69 Å². The van der Waals surface area contributed by atoms with Crippen molar-refractivity contribution in [2.45, 2.75) is 0 Å². The number of halogens is 2. The van der Waals surface area contributed by atoms with Crippen LogP contribution in [0.3, 0.4) is 0 Å². The van der Waals surface area contributed by atoms with Crippen LogP contribution in [0.25, 0.3) is 0 Å². The van der Waals surface area contributed by atoms with Gasteiger partial charge in [-0.2, -0.15) is 5.10 Å². The van der Waals surface area contributed by atoms with Gasteiger partial charge in [0.15, 0.2) is 0 Å². The molecule has 0 fully saturated rings. The summed E-state index contributed by atoms with van der Waals surface area (Å²) < 4.78 is 0. The van der Waals surface area contributed by atoms with Gasteiger partial charge in [-0.05, 0) is 6.07 Å². The Bertz CT molecular complexity index is 471. The second-order valence-electron chi connectivity index (χ2n) is 2.74. The molecular formula is C8H9Cl2N5O2. The number of hydrogen-bond donors (Lipinski definition) is 2. The third-order valence-corrected chi connectivity index (χ3v) is 1.87. The highest BCUT2D eigenvalue weighted by atomic mass is 35.5. The van der Waals surface area contributed by atoms with Gasteiger partial charge in [-0.3, -0.25) is 10.1 Å². The van der Waals surface area contributed by atoms with Crippen LogP contribution in [0.15, 0.2) is 28.4 Å². The van der Waals surface area contributed by atoms with Crippen molar-refractivity contribution in [1.82, 2.24) is 0 Å². The molecule has 7 nitrogen and oxygen atoms in total. The first kappa shape index (κ1) is 15.1. The summed E-state index contributed by atoms with van der Waals surface area (Å²) in [6, 6.07) is 4.23. The van der Waals surface area contributed by atoms with Crippen LogP contribution < -0.4 is 11.5 Å². The lowest BCUT2D eigenvalue weighted by atomic mass is 10.2. The van der Waals surface area contributed by atoms with E-state index in [4.69, 9.17) is 23.1 Å². The topological polar surface area (TPSA) is 120 Å². The number of nitrogens with zero attached hydrogens (tertiary/aromatic N) is 3. The fraction of sp³-hybridized carbons (Fsp3) is 0. The Morgan fingerprint density at radius 1 is 1.47 bits per heavy atom. The average Bonchev–Trinajstić information content (AvgIpc) is 2.19. The summed E-state index contributed by atoms with van der Waals surface area (Å²) in [6.45, 7) is 0. The maximum Gasteiger partial charge on any atom is 0.288 e. The summed E-state index contributed by atoms with van der Waals surface area (Å²) in [7, 11) is 0. The second kappa shape index (κ2) is 6.66. The van der Waals surface area contributed by atoms with Crippen LogP contribution in [-0.2, 0) is 0 Å². The standard InChI is InChI=1S/C8H8ClN5O2.ClH/c9-6-2-1-5(3-7(6)14(15)16)4-12-13-8(10)11;/h1-4H,(H4,10,11,13);1H/b12-4+;. The summed E-state index contributed by atoms with van der Waals surface area (Å²) in [6.07, 6.45) is 1.28. The van der Waals surface area contributed by atoms with Crippen LogP contribution >= 0.6 is 24.0 Å². The van der Waals surface area contributed by atoms with Crippen molar-refractivity contribution in [1.29, 1.82) is 0 Å². The van der Waals surface area contributed by atoms with Gasteiger partial charge in [0, 0.05) is 11.6 Å². The minimum Gasteiger partial charge on any atom is -0.369 e. The van der Waals surface area contributed by atoms with Crippen molar-refractivity contribution >= 4 is 41.9 Å². The lowest BCUT2D eigenvalue weighted by Crippen LogP contribution is -2.21. The quantitative estimate of drug-likeness (QED) is 0.374. The van der Waals surface area contributed by atoms with Crippen molar-refractivity contribution < 1.29 is 4.92 Å². The molecule has 0 aliphatic rings. The highest BCUT2D eigenvalue weighted by Gasteiger charge is 2.11. The van der Waals surface area contributed by atoms with Crippen molar-refractivity contribution in [3.05, 3.63) is 38.9 Å². The van der Waals surface area contributed by atoms with Gasteiger partial charge in [0.1, 0.15) is 5.02 Å². The Morgan fingerprint density at radius 3 is 2.65 bits per heavy atom. The summed E-state index contributed by atoms with van der Waals surface area (Å²) in [5.41, 5.74) is 10.4. The summed E-state index contributed by atoms with van der Waals surface area (Å²) >= 11 is 5.62. The van der Waals surface area contributed by atoms with Crippen LogP contribution in [0.1, 0.15) is 5.56 Å². The zero-order chi connectivity index (χ0) is 12.1. The highest BCUT2D eigenvalue weighted by molar-refractivity contribution is 6.32. The van der Waals surface area contributed by atoms with Gasteiger partial charge in [0.25, 0.3) is 5.69 Å². The predicted molar refractivity (Wildman–Crippen MR) is 68.8 cm³/mol. The molecule has 9 heteroatoms. The van der Waals surface area contributed by atoms with Crippen molar-refractivity contribution in [3.63, 3.8) is 0 Å². The number of benzene rings is 1. The summed E-state index contributed by atoms with van der Waals surface area (Å²) in [5, 5.41) is 17.5. The van der Waals surface area contributed by atoms with Gasteiger partial charge in [-0.1, -0.05) is 17.7 Å². The minimum atomic E-state index is -0.583. The molecule has 1 aromatic carbocycles. The number of rotatable bonds is 3. The number of nitro groups is 1. The zero-order valence-electron chi connectivity index (χ0n) is 8.41. The first-order valence-corrected chi connectivity index (χ1v) is 4.44. The predicted octanol–water partition coefficient (Wildman–Crippen LogP) is 1.28. The van der Waals surface area contributed by atoms with E-state index in [2.05, 4.69) is 10.2 Å². The van der Waals surface area contributed by atoms with E-state index in [0.717, 1.165) is 0 Å². The summed E-state index contributed by atoms with van der Waals surface area (Å²) in [5.74, 6) is -0.195. The van der Waals surface area contributed by atoms with Gasteiger partial charge in [0.05, 0.1) is 11.1 Å². The first-order chi connectivity index (χ1) is 7.50. The molecule has 0 saturated heterocycles. The molecule has 4 N–H and O–H groups in total. The number of hydrogen-bond acceptors (Lipinski definition) is 4. The molecule has 0 aromatic heterocycles. The van der Waals surface area contributed by atoms with E-state index >= 15 is 0 Å². The van der Waals surface area contributed by atoms with E-state index in [1.165, 1.54) is 18.3 Å². The van der Waals surface area contributed by atoms with E-state index in [-0.39, 0.29) is 29.1 Å². The molecule has 92 valence electrons. The molecule has 0 bridgehead atoms. The van der Waals surface area contributed by atoms with E-state index in [0.29, 0.717) is 5.56 Å². The minimum absolute atomic E-state index is 0. The maximum absolute atomic E-state index is 10.6. The van der Waals surface area contributed by atoms with Gasteiger partial charge in [-0.15, -0.1) is 17.5 Å². The third-order valence-electron chi connectivity index (χ3n) is 1.55. The molecule has 1 rings (SSSR count). The first-order valence-electron chi connectivity index (χ1n) is 4.06. The van der Waals surface area contributed by atoms with Crippen LogP contribution in [0.2, 0.25) is 5.02 Å².